The highest BCUT2D eigenvalue weighted by Crippen LogP contribution is 2.29. The van der Waals surface area contributed by atoms with Gasteiger partial charge in [0.1, 0.15) is 0 Å². The predicted molar refractivity (Wildman–Crippen MR) is 75.5 cm³/mol. The SMILES string of the molecule is CC(C)(CCN)Cc1ccn(C2CCCCC2)n1. The lowest BCUT2D eigenvalue weighted by Gasteiger charge is -2.23. The smallest absolute Gasteiger partial charge is 0.0630 e. The summed E-state index contributed by atoms with van der Waals surface area (Å²) in [6, 6.07) is 2.83. The van der Waals surface area contributed by atoms with Gasteiger partial charge in [-0.15, -0.1) is 0 Å². The summed E-state index contributed by atoms with van der Waals surface area (Å²) in [7, 11) is 0. The van der Waals surface area contributed by atoms with Crippen molar-refractivity contribution in [2.75, 3.05) is 6.54 Å². The highest BCUT2D eigenvalue weighted by atomic mass is 15.3. The van der Waals surface area contributed by atoms with Gasteiger partial charge in [-0.25, -0.2) is 0 Å². The van der Waals surface area contributed by atoms with Crippen molar-refractivity contribution in [1.29, 1.82) is 0 Å². The highest BCUT2D eigenvalue weighted by Gasteiger charge is 2.20. The van der Waals surface area contributed by atoms with Gasteiger partial charge in [-0.2, -0.15) is 5.10 Å². The average molecular weight is 249 g/mol. The van der Waals surface area contributed by atoms with E-state index in [9.17, 15) is 0 Å². The maximum absolute atomic E-state index is 5.66. The molecule has 0 unspecified atom stereocenters. The molecule has 0 atom stereocenters. The largest absolute Gasteiger partial charge is 0.330 e. The summed E-state index contributed by atoms with van der Waals surface area (Å²) < 4.78 is 2.20. The van der Waals surface area contributed by atoms with E-state index in [1.165, 1.54) is 37.8 Å². The van der Waals surface area contributed by atoms with Crippen LogP contribution in [0.4, 0.5) is 0 Å². The summed E-state index contributed by atoms with van der Waals surface area (Å²) in [5, 5.41) is 4.78. The quantitative estimate of drug-likeness (QED) is 0.870. The third kappa shape index (κ3) is 3.58. The van der Waals surface area contributed by atoms with Crippen LogP contribution in [0.15, 0.2) is 12.3 Å². The summed E-state index contributed by atoms with van der Waals surface area (Å²) >= 11 is 0. The van der Waals surface area contributed by atoms with E-state index in [1.807, 2.05) is 0 Å². The molecule has 1 saturated carbocycles. The molecule has 0 aromatic carbocycles. The minimum Gasteiger partial charge on any atom is -0.330 e. The molecule has 1 fully saturated rings. The monoisotopic (exact) mass is 249 g/mol. The number of aromatic nitrogens is 2. The molecular weight excluding hydrogens is 222 g/mol. The van der Waals surface area contributed by atoms with E-state index in [-0.39, 0.29) is 5.41 Å². The summed E-state index contributed by atoms with van der Waals surface area (Å²) in [5.74, 6) is 0. The molecule has 0 aliphatic heterocycles. The molecular formula is C15H27N3. The van der Waals surface area contributed by atoms with Crippen molar-refractivity contribution in [1.82, 2.24) is 9.78 Å². The first-order valence-electron chi connectivity index (χ1n) is 7.35. The first-order chi connectivity index (χ1) is 8.61. The zero-order valence-corrected chi connectivity index (χ0v) is 11.9. The molecule has 3 heteroatoms. The molecule has 1 aromatic heterocycles. The van der Waals surface area contributed by atoms with Gasteiger partial charge in [0.05, 0.1) is 11.7 Å². The minimum absolute atomic E-state index is 0.264. The standard InChI is InChI=1S/C15H27N3/c1-15(2,9-10-16)12-13-8-11-18(17-13)14-6-4-3-5-7-14/h8,11,14H,3-7,9-10,12,16H2,1-2H3. The fourth-order valence-electron chi connectivity index (χ4n) is 2.99. The van der Waals surface area contributed by atoms with Crippen LogP contribution >= 0.6 is 0 Å². The second-order valence-electron chi connectivity index (χ2n) is 6.46. The van der Waals surface area contributed by atoms with Gasteiger partial charge < -0.3 is 5.73 Å². The van der Waals surface area contributed by atoms with Crippen molar-refractivity contribution in [2.24, 2.45) is 11.1 Å². The van der Waals surface area contributed by atoms with Crippen molar-refractivity contribution in [2.45, 2.75) is 64.8 Å². The van der Waals surface area contributed by atoms with Crippen LogP contribution in [0.3, 0.4) is 0 Å². The van der Waals surface area contributed by atoms with Crippen LogP contribution in [-0.2, 0) is 6.42 Å². The van der Waals surface area contributed by atoms with Crippen molar-refractivity contribution < 1.29 is 0 Å². The Hall–Kier alpha value is -0.830. The van der Waals surface area contributed by atoms with E-state index < -0.39 is 0 Å². The molecule has 1 aliphatic rings. The van der Waals surface area contributed by atoms with Crippen molar-refractivity contribution >= 4 is 0 Å². The Labute approximate surface area is 111 Å². The highest BCUT2D eigenvalue weighted by molar-refractivity contribution is 5.03. The molecule has 1 aliphatic carbocycles. The van der Waals surface area contributed by atoms with Crippen LogP contribution < -0.4 is 5.73 Å². The molecule has 0 bridgehead atoms. The van der Waals surface area contributed by atoms with Crippen LogP contribution in [-0.4, -0.2) is 16.3 Å². The molecule has 0 amide bonds. The molecule has 2 N–H and O–H groups in total. The van der Waals surface area contributed by atoms with Crippen molar-refractivity contribution in [3.8, 4) is 0 Å². The first kappa shape index (κ1) is 13.6. The Morgan fingerprint density at radius 1 is 1.33 bits per heavy atom. The predicted octanol–water partition coefficient (Wildman–Crippen LogP) is 3.31. The van der Waals surface area contributed by atoms with E-state index in [2.05, 4.69) is 30.8 Å². The first-order valence-corrected chi connectivity index (χ1v) is 7.35. The molecule has 0 spiro atoms. The molecule has 102 valence electrons. The molecule has 1 heterocycles. The lowest BCUT2D eigenvalue weighted by Crippen LogP contribution is -2.20. The van der Waals surface area contributed by atoms with Gasteiger partial charge in [0, 0.05) is 6.20 Å². The number of rotatable bonds is 5. The Morgan fingerprint density at radius 2 is 2.06 bits per heavy atom. The zero-order chi connectivity index (χ0) is 13.0. The second-order valence-corrected chi connectivity index (χ2v) is 6.46. The van der Waals surface area contributed by atoms with Crippen LogP contribution in [0.5, 0.6) is 0 Å². The molecule has 0 saturated heterocycles. The van der Waals surface area contributed by atoms with Gasteiger partial charge in [0.2, 0.25) is 0 Å². The Morgan fingerprint density at radius 3 is 2.72 bits per heavy atom. The van der Waals surface area contributed by atoms with E-state index in [1.54, 1.807) is 0 Å². The molecule has 3 nitrogen and oxygen atoms in total. The van der Waals surface area contributed by atoms with Crippen LogP contribution in [0.2, 0.25) is 0 Å². The van der Waals surface area contributed by atoms with Gasteiger partial charge >= 0.3 is 0 Å². The summed E-state index contributed by atoms with van der Waals surface area (Å²) in [6.07, 6.45) is 11.0. The van der Waals surface area contributed by atoms with E-state index in [0.29, 0.717) is 6.04 Å². The Bertz CT molecular complexity index is 362. The molecule has 2 rings (SSSR count). The number of nitrogens with two attached hydrogens (primary N) is 1. The number of nitrogens with zero attached hydrogens (tertiary/aromatic N) is 2. The zero-order valence-electron chi connectivity index (χ0n) is 11.9. The summed E-state index contributed by atoms with van der Waals surface area (Å²) in [6.45, 7) is 5.31. The van der Waals surface area contributed by atoms with Gasteiger partial charge in [-0.05, 0) is 43.7 Å². The van der Waals surface area contributed by atoms with Crippen LogP contribution in [0, 0.1) is 5.41 Å². The topological polar surface area (TPSA) is 43.8 Å². The van der Waals surface area contributed by atoms with Gasteiger partial charge in [-0.3, -0.25) is 4.68 Å². The Kier molecular flexibility index (Phi) is 4.44. The third-order valence-electron chi connectivity index (χ3n) is 4.09. The third-order valence-corrected chi connectivity index (χ3v) is 4.09. The van der Waals surface area contributed by atoms with E-state index in [4.69, 9.17) is 10.8 Å². The van der Waals surface area contributed by atoms with Gasteiger partial charge in [0.15, 0.2) is 0 Å². The summed E-state index contributed by atoms with van der Waals surface area (Å²) in [4.78, 5) is 0. The van der Waals surface area contributed by atoms with Crippen molar-refractivity contribution in [3.63, 3.8) is 0 Å². The van der Waals surface area contributed by atoms with E-state index in [0.717, 1.165) is 19.4 Å². The van der Waals surface area contributed by atoms with Crippen LogP contribution in [0.25, 0.3) is 0 Å². The lowest BCUT2D eigenvalue weighted by atomic mass is 9.84. The van der Waals surface area contributed by atoms with E-state index >= 15 is 0 Å². The van der Waals surface area contributed by atoms with Crippen molar-refractivity contribution in [3.05, 3.63) is 18.0 Å². The van der Waals surface area contributed by atoms with Gasteiger partial charge in [-0.1, -0.05) is 33.1 Å². The fourth-order valence-corrected chi connectivity index (χ4v) is 2.99. The molecule has 1 aromatic rings. The fraction of sp³-hybridized carbons (Fsp3) is 0.800. The number of hydrogen-bond donors (Lipinski definition) is 1. The van der Waals surface area contributed by atoms with Crippen LogP contribution in [0.1, 0.15) is 64.1 Å². The van der Waals surface area contributed by atoms with Gasteiger partial charge in [0.25, 0.3) is 0 Å². The minimum atomic E-state index is 0.264. The molecule has 18 heavy (non-hydrogen) atoms. The maximum atomic E-state index is 5.66. The average Bonchev–Trinajstić information content (AvgIpc) is 2.77. The Balaban J connectivity index is 1.97. The summed E-state index contributed by atoms with van der Waals surface area (Å²) in [5.41, 5.74) is 7.15. The lowest BCUT2D eigenvalue weighted by molar-refractivity contribution is 0.315. The molecule has 0 radical (unpaired) electrons. The second kappa shape index (κ2) is 5.87. The normalized spacial score (nSPS) is 18.2. The number of hydrogen-bond acceptors (Lipinski definition) is 2. The maximum Gasteiger partial charge on any atom is 0.0630 e.